The normalized spacial score (nSPS) is 21.2. The van der Waals surface area contributed by atoms with Crippen molar-refractivity contribution in [3.05, 3.63) is 41.8 Å². The van der Waals surface area contributed by atoms with Crippen molar-refractivity contribution in [2.75, 3.05) is 13.2 Å². The van der Waals surface area contributed by atoms with Crippen LogP contribution < -0.4 is 10.1 Å². The van der Waals surface area contributed by atoms with Gasteiger partial charge in [-0.1, -0.05) is 5.16 Å². The van der Waals surface area contributed by atoms with Gasteiger partial charge in [-0.2, -0.15) is 4.98 Å². The summed E-state index contributed by atoms with van der Waals surface area (Å²) in [7, 11) is 0. The SMILES string of the molecule is C[C@H]1OCCN[C@@H]1c1nc(COc2ccc(F)cc2)no1.Cl. The Morgan fingerprint density at radius 2 is 2.14 bits per heavy atom. The summed E-state index contributed by atoms with van der Waals surface area (Å²) in [6, 6.07) is 5.67. The van der Waals surface area contributed by atoms with Crippen LogP contribution in [0.2, 0.25) is 0 Å². The Morgan fingerprint density at radius 1 is 1.36 bits per heavy atom. The number of hydrogen-bond donors (Lipinski definition) is 1. The molecule has 120 valence electrons. The highest BCUT2D eigenvalue weighted by molar-refractivity contribution is 5.85. The van der Waals surface area contributed by atoms with Crippen molar-refractivity contribution < 1.29 is 18.4 Å². The largest absolute Gasteiger partial charge is 0.485 e. The summed E-state index contributed by atoms with van der Waals surface area (Å²) in [5.74, 6) is 1.17. The zero-order chi connectivity index (χ0) is 14.7. The molecule has 0 aliphatic carbocycles. The molecule has 0 saturated carbocycles. The molecular weight excluding hydrogens is 313 g/mol. The van der Waals surface area contributed by atoms with E-state index < -0.39 is 0 Å². The highest BCUT2D eigenvalue weighted by atomic mass is 35.5. The van der Waals surface area contributed by atoms with Crippen LogP contribution in [0.3, 0.4) is 0 Å². The van der Waals surface area contributed by atoms with E-state index >= 15 is 0 Å². The molecular formula is C14H17ClFN3O3. The fraction of sp³-hybridized carbons (Fsp3) is 0.429. The molecule has 2 aromatic rings. The molecule has 1 saturated heterocycles. The van der Waals surface area contributed by atoms with Crippen molar-refractivity contribution in [3.8, 4) is 5.75 Å². The van der Waals surface area contributed by atoms with Gasteiger partial charge >= 0.3 is 0 Å². The molecule has 1 aromatic carbocycles. The zero-order valence-electron chi connectivity index (χ0n) is 12.0. The highest BCUT2D eigenvalue weighted by Gasteiger charge is 2.28. The van der Waals surface area contributed by atoms with E-state index in [2.05, 4.69) is 15.5 Å². The lowest BCUT2D eigenvalue weighted by atomic mass is 10.1. The Morgan fingerprint density at radius 3 is 2.86 bits per heavy atom. The first-order valence-corrected chi connectivity index (χ1v) is 6.78. The van der Waals surface area contributed by atoms with E-state index in [0.717, 1.165) is 6.54 Å². The van der Waals surface area contributed by atoms with Gasteiger partial charge in [-0.15, -0.1) is 12.4 Å². The second kappa shape index (κ2) is 7.53. The third-order valence-corrected chi connectivity index (χ3v) is 3.25. The first kappa shape index (κ1) is 16.7. The lowest BCUT2D eigenvalue weighted by molar-refractivity contribution is -0.00136. The molecule has 1 N–H and O–H groups in total. The van der Waals surface area contributed by atoms with Gasteiger partial charge in [0.1, 0.15) is 17.6 Å². The molecule has 1 aliphatic rings. The molecule has 8 heteroatoms. The van der Waals surface area contributed by atoms with Crippen molar-refractivity contribution in [3.63, 3.8) is 0 Å². The third kappa shape index (κ3) is 3.94. The standard InChI is InChI=1S/C14H16FN3O3.ClH/c1-9-13(16-6-7-19-9)14-17-12(18-21-14)8-20-11-4-2-10(15)3-5-11;/h2-5,9,13,16H,6-8H2,1H3;1H/t9-,13+;/m1./s1. The fourth-order valence-corrected chi connectivity index (χ4v) is 2.14. The number of aromatic nitrogens is 2. The maximum atomic E-state index is 12.8. The molecule has 2 heterocycles. The summed E-state index contributed by atoms with van der Waals surface area (Å²) in [4.78, 5) is 4.30. The van der Waals surface area contributed by atoms with Gasteiger partial charge in [0.15, 0.2) is 6.61 Å². The predicted octanol–water partition coefficient (Wildman–Crippen LogP) is 2.26. The van der Waals surface area contributed by atoms with Crippen LogP contribution in [-0.4, -0.2) is 29.4 Å². The Bertz CT molecular complexity index is 593. The third-order valence-electron chi connectivity index (χ3n) is 3.25. The quantitative estimate of drug-likeness (QED) is 0.928. The van der Waals surface area contributed by atoms with Crippen molar-refractivity contribution >= 4 is 12.4 Å². The lowest BCUT2D eigenvalue weighted by Gasteiger charge is -2.27. The number of ether oxygens (including phenoxy) is 2. The summed E-state index contributed by atoms with van der Waals surface area (Å²) in [6.07, 6.45) is -0.0231. The summed E-state index contributed by atoms with van der Waals surface area (Å²) < 4.78 is 29.0. The minimum atomic E-state index is -0.304. The molecule has 0 amide bonds. The van der Waals surface area contributed by atoms with Gasteiger partial charge in [0.25, 0.3) is 0 Å². The Kier molecular flexibility index (Phi) is 5.70. The topological polar surface area (TPSA) is 69.4 Å². The van der Waals surface area contributed by atoms with Gasteiger partial charge < -0.3 is 19.3 Å². The molecule has 3 rings (SSSR count). The van der Waals surface area contributed by atoms with Crippen LogP contribution in [0.15, 0.2) is 28.8 Å². The Hall–Kier alpha value is -1.70. The number of nitrogens with zero attached hydrogens (tertiary/aromatic N) is 2. The highest BCUT2D eigenvalue weighted by Crippen LogP contribution is 2.20. The van der Waals surface area contributed by atoms with E-state index in [0.29, 0.717) is 24.1 Å². The van der Waals surface area contributed by atoms with Gasteiger partial charge in [-0.05, 0) is 31.2 Å². The van der Waals surface area contributed by atoms with Crippen LogP contribution in [0.5, 0.6) is 5.75 Å². The van der Waals surface area contributed by atoms with Crippen LogP contribution >= 0.6 is 12.4 Å². The van der Waals surface area contributed by atoms with Crippen molar-refractivity contribution in [2.24, 2.45) is 0 Å². The maximum absolute atomic E-state index is 12.8. The average molecular weight is 330 g/mol. The number of benzene rings is 1. The number of hydrogen-bond acceptors (Lipinski definition) is 6. The molecule has 1 aliphatic heterocycles. The molecule has 2 atom stereocenters. The van der Waals surface area contributed by atoms with Crippen molar-refractivity contribution in [1.29, 1.82) is 0 Å². The number of nitrogens with one attached hydrogen (secondary N) is 1. The van der Waals surface area contributed by atoms with Crippen molar-refractivity contribution in [1.82, 2.24) is 15.5 Å². The fourth-order valence-electron chi connectivity index (χ4n) is 2.14. The molecule has 1 aromatic heterocycles. The number of halogens is 2. The Labute approximate surface area is 133 Å². The smallest absolute Gasteiger partial charge is 0.246 e. The minimum absolute atomic E-state index is 0. The molecule has 0 unspecified atom stereocenters. The second-order valence-electron chi connectivity index (χ2n) is 4.80. The number of morpholine rings is 1. The van der Waals surface area contributed by atoms with Gasteiger partial charge in [0.2, 0.25) is 11.7 Å². The van der Waals surface area contributed by atoms with Crippen molar-refractivity contribution in [2.45, 2.75) is 25.7 Å². The second-order valence-corrected chi connectivity index (χ2v) is 4.80. The average Bonchev–Trinajstić information content (AvgIpc) is 2.96. The monoisotopic (exact) mass is 329 g/mol. The molecule has 0 radical (unpaired) electrons. The van der Waals surface area contributed by atoms with E-state index in [1.807, 2.05) is 6.92 Å². The van der Waals surface area contributed by atoms with Crippen LogP contribution in [0.4, 0.5) is 4.39 Å². The summed E-state index contributed by atoms with van der Waals surface area (Å²) in [5.41, 5.74) is 0. The summed E-state index contributed by atoms with van der Waals surface area (Å²) in [5, 5.41) is 7.15. The van der Waals surface area contributed by atoms with Gasteiger partial charge in [-0.3, -0.25) is 0 Å². The summed E-state index contributed by atoms with van der Waals surface area (Å²) >= 11 is 0. The van der Waals surface area contributed by atoms with E-state index in [1.54, 1.807) is 12.1 Å². The minimum Gasteiger partial charge on any atom is -0.485 e. The predicted molar refractivity (Wildman–Crippen MR) is 78.4 cm³/mol. The molecule has 0 bridgehead atoms. The van der Waals surface area contributed by atoms with Crippen LogP contribution in [0.25, 0.3) is 0 Å². The summed E-state index contributed by atoms with van der Waals surface area (Å²) in [6.45, 7) is 3.54. The lowest BCUT2D eigenvalue weighted by Crippen LogP contribution is -2.40. The van der Waals surface area contributed by atoms with Gasteiger partial charge in [0, 0.05) is 6.54 Å². The van der Waals surface area contributed by atoms with Crippen LogP contribution in [0.1, 0.15) is 24.7 Å². The molecule has 0 spiro atoms. The first-order valence-electron chi connectivity index (χ1n) is 6.78. The van der Waals surface area contributed by atoms with Gasteiger partial charge in [0.05, 0.1) is 12.7 Å². The first-order chi connectivity index (χ1) is 10.2. The zero-order valence-corrected chi connectivity index (χ0v) is 12.8. The maximum Gasteiger partial charge on any atom is 0.246 e. The van der Waals surface area contributed by atoms with Crippen LogP contribution in [0, 0.1) is 5.82 Å². The van der Waals surface area contributed by atoms with E-state index in [4.69, 9.17) is 14.0 Å². The van der Waals surface area contributed by atoms with Crippen LogP contribution in [-0.2, 0) is 11.3 Å². The van der Waals surface area contributed by atoms with E-state index in [-0.39, 0.29) is 37.0 Å². The molecule has 22 heavy (non-hydrogen) atoms. The molecule has 6 nitrogen and oxygen atoms in total. The Balaban J connectivity index is 0.00000176. The van der Waals surface area contributed by atoms with Gasteiger partial charge in [-0.25, -0.2) is 4.39 Å². The van der Waals surface area contributed by atoms with E-state index in [1.165, 1.54) is 12.1 Å². The van der Waals surface area contributed by atoms with E-state index in [9.17, 15) is 4.39 Å². The molecule has 1 fully saturated rings. The number of rotatable bonds is 4.